The van der Waals surface area contributed by atoms with Crippen LogP contribution in [-0.4, -0.2) is 316 Å². The maximum absolute atomic E-state index is 14.0. The lowest BCUT2D eigenvalue weighted by Crippen LogP contribution is -2.64. The van der Waals surface area contributed by atoms with Crippen LogP contribution in [0.5, 0.6) is 0 Å². The number of Topliss-reactive ketones (excluding diaryl/α,β-unsaturated/α-hetero) is 3. The molecule has 0 radical (unpaired) electrons. The smallest absolute Gasteiger partial charge is 0.253 e. The fourth-order valence-corrected chi connectivity index (χ4v) is 13.5. The van der Waals surface area contributed by atoms with E-state index >= 15 is 0 Å². The van der Waals surface area contributed by atoms with Gasteiger partial charge in [-0.25, -0.2) is 0 Å². The van der Waals surface area contributed by atoms with Crippen LogP contribution in [-0.2, 0) is 85.5 Å². The molecule has 0 saturated carbocycles. The van der Waals surface area contributed by atoms with Crippen molar-refractivity contribution in [3.8, 4) is 0 Å². The number of carbonyl (C=O) groups is 10. The molecule has 0 aromatic heterocycles. The molecule has 0 spiro atoms. The molecule has 0 aromatic rings. The van der Waals surface area contributed by atoms with Crippen molar-refractivity contribution in [2.24, 2.45) is 0 Å². The molecule has 16 atom stereocenters. The second kappa shape index (κ2) is 56.2. The largest absolute Gasteiger partial charge is 0.394 e. The van der Waals surface area contributed by atoms with E-state index in [-0.39, 0.29) is 120 Å². The standard InChI is InChI=1S/C74H132N7O28P/c1-49(85)77-62-68(98)65(95)56(45-82)107-72(62)103-42-21-18-30-52(88)27-12-6-9-15-33-59(92)75-36-24-38-80(61(94)35-17-11-8-14-29-54(90)32-20-23-44-105-74-64(79-51(3)87)70(100)67(97)58(47-84)109-74)40-26-41-81(71(101)55(91)48-106-110(4,5)102)39-25-37-76-60(93)34-16-10-7-13-28-53(89)31-19-22-43-104-73-63(78-50(2)86)69(99)66(96)57(46-83)108-73/h55-58,62-70,72-74,82-84,91,95-100H,6-48H2,1-5H3,(H,75,92)(H,76,93)(H,77,85)(H,78,86)(H,79,87)/t55?,56?,57?,58?,62?,63?,64?,65-,66-,67-,68+,69+,70+,72+,73+,74+/m0/s1. The summed E-state index contributed by atoms with van der Waals surface area (Å²) in [6.45, 7) is 5.82. The summed E-state index contributed by atoms with van der Waals surface area (Å²) in [6, 6.07) is -3.18. The summed E-state index contributed by atoms with van der Waals surface area (Å²) in [6.07, 6.45) is -2.42. The van der Waals surface area contributed by atoms with Crippen LogP contribution in [0.25, 0.3) is 0 Å². The first-order valence-corrected chi connectivity index (χ1v) is 42.0. The summed E-state index contributed by atoms with van der Waals surface area (Å²) in [4.78, 5) is 130. The van der Waals surface area contributed by atoms with E-state index in [4.69, 9.17) is 32.9 Å². The lowest BCUT2D eigenvalue weighted by atomic mass is 9.97. The number of hydrogen-bond acceptors (Lipinski definition) is 28. The van der Waals surface area contributed by atoms with Gasteiger partial charge < -0.3 is 120 Å². The third-order valence-electron chi connectivity index (χ3n) is 19.2. The molecule has 7 amide bonds. The third kappa shape index (κ3) is 40.7. The van der Waals surface area contributed by atoms with Crippen LogP contribution in [0.1, 0.15) is 213 Å². The number of nitrogens with one attached hydrogen (secondary N) is 5. The molecule has 15 N–H and O–H groups in total. The fraction of sp³-hybridized carbons (Fsp3) is 0.865. The number of aliphatic hydroxyl groups excluding tert-OH is 10. The first kappa shape index (κ1) is 99.0. The SMILES string of the molecule is CC(=O)NC1[C@H](OCCCCC(=O)CCCCCCC(=O)NCCCN(CCCN(CCCNC(=O)CCCCCCC(=O)CCCCO[C@@H]2OC(CO)[C@H](O)[C@H](O)C2NC(C)=O)C(=O)C(O)COP(C)(C)=O)C(=O)CCCCCCC(=O)CCCCO[C@@H]2OC(CO)[C@H](O)[C@H](O)C2NC(C)=O)OC(CO)[C@H](O)[C@@H]1O. The Morgan fingerprint density at radius 2 is 0.682 bits per heavy atom. The number of carbonyl (C=O) groups excluding carboxylic acids is 10. The first-order chi connectivity index (χ1) is 52.4. The van der Waals surface area contributed by atoms with Gasteiger partial charge in [-0.05, 0) is 96.3 Å². The third-order valence-corrected chi connectivity index (χ3v) is 19.9. The second-order valence-electron chi connectivity index (χ2n) is 29.2. The topological polar surface area (TPSA) is 521 Å². The van der Waals surface area contributed by atoms with Gasteiger partial charge in [-0.15, -0.1) is 0 Å². The number of rotatable bonds is 61. The van der Waals surface area contributed by atoms with Crippen LogP contribution < -0.4 is 26.6 Å². The summed E-state index contributed by atoms with van der Waals surface area (Å²) >= 11 is 0. The minimum absolute atomic E-state index is 0.0500. The molecule has 636 valence electrons. The highest BCUT2D eigenvalue weighted by atomic mass is 31.2. The molecule has 0 aromatic carbocycles. The average molecular weight is 1600 g/mol. The van der Waals surface area contributed by atoms with Gasteiger partial charge in [-0.1, -0.05) is 38.5 Å². The minimum atomic E-state index is -3.08. The maximum atomic E-state index is 14.0. The highest BCUT2D eigenvalue weighted by Gasteiger charge is 2.48. The molecule has 3 saturated heterocycles. The highest BCUT2D eigenvalue weighted by Crippen LogP contribution is 2.37. The number of aliphatic hydroxyl groups is 10. The van der Waals surface area contributed by atoms with Gasteiger partial charge in [-0.2, -0.15) is 0 Å². The van der Waals surface area contributed by atoms with Crippen LogP contribution >= 0.6 is 7.37 Å². The van der Waals surface area contributed by atoms with Gasteiger partial charge in [0.25, 0.3) is 5.91 Å². The van der Waals surface area contributed by atoms with Gasteiger partial charge in [0.15, 0.2) is 32.3 Å². The van der Waals surface area contributed by atoms with Crippen molar-refractivity contribution in [3.63, 3.8) is 0 Å². The van der Waals surface area contributed by atoms with Gasteiger partial charge in [0.05, 0.1) is 26.4 Å². The Labute approximate surface area is 646 Å². The zero-order chi connectivity index (χ0) is 81.6. The van der Waals surface area contributed by atoms with E-state index in [1.54, 1.807) is 4.90 Å². The minimum Gasteiger partial charge on any atom is -0.394 e. The zero-order valence-corrected chi connectivity index (χ0v) is 66.2. The van der Waals surface area contributed by atoms with Gasteiger partial charge >= 0.3 is 0 Å². The van der Waals surface area contributed by atoms with Crippen LogP contribution in [0.3, 0.4) is 0 Å². The monoisotopic (exact) mass is 1600 g/mol. The molecule has 3 rings (SSSR count). The van der Waals surface area contributed by atoms with Crippen LogP contribution in [0.2, 0.25) is 0 Å². The molecule has 0 bridgehead atoms. The summed E-state index contributed by atoms with van der Waals surface area (Å²) in [5.74, 6) is -2.41. The van der Waals surface area contributed by atoms with Crippen LogP contribution in [0.15, 0.2) is 0 Å². The van der Waals surface area contributed by atoms with E-state index < -0.39 is 155 Å². The Morgan fingerprint density at radius 1 is 0.391 bits per heavy atom. The zero-order valence-electron chi connectivity index (χ0n) is 65.3. The van der Waals surface area contributed by atoms with Crippen molar-refractivity contribution >= 4 is 66.1 Å². The molecule has 35 nitrogen and oxygen atoms in total. The summed E-state index contributed by atoms with van der Waals surface area (Å²) < 4.78 is 51.6. The van der Waals surface area contributed by atoms with Crippen molar-refractivity contribution in [1.29, 1.82) is 0 Å². The van der Waals surface area contributed by atoms with Crippen molar-refractivity contribution in [2.45, 2.75) is 311 Å². The highest BCUT2D eigenvalue weighted by molar-refractivity contribution is 7.57. The second-order valence-corrected chi connectivity index (χ2v) is 31.9. The van der Waals surface area contributed by atoms with Crippen molar-refractivity contribution < 1.29 is 137 Å². The average Bonchev–Trinajstić information content (AvgIpc) is 0.820. The molecule has 3 heterocycles. The number of unbranched alkanes of at least 4 members (excludes halogenated alkanes) is 12. The van der Waals surface area contributed by atoms with E-state index in [1.807, 2.05) is 0 Å². The Bertz CT molecular complexity index is 2760. The van der Waals surface area contributed by atoms with E-state index in [0.717, 1.165) is 19.3 Å². The predicted octanol–water partition coefficient (Wildman–Crippen LogP) is 0.0824. The summed E-state index contributed by atoms with van der Waals surface area (Å²) in [5, 5.41) is 115. The van der Waals surface area contributed by atoms with Gasteiger partial charge in [0.1, 0.15) is 90.4 Å². The number of amides is 7. The van der Waals surface area contributed by atoms with Crippen molar-refractivity contribution in [2.75, 3.05) is 98.8 Å². The quantitative estimate of drug-likeness (QED) is 0.0283. The van der Waals surface area contributed by atoms with Crippen LogP contribution in [0.4, 0.5) is 0 Å². The van der Waals surface area contributed by atoms with Crippen molar-refractivity contribution in [1.82, 2.24) is 36.4 Å². The summed E-state index contributed by atoms with van der Waals surface area (Å²) in [7, 11) is -3.08. The number of ether oxygens (including phenoxy) is 6. The maximum Gasteiger partial charge on any atom is 0.253 e. The first-order valence-electron chi connectivity index (χ1n) is 39.5. The molecular formula is C74H132N7O28P. The predicted molar refractivity (Wildman–Crippen MR) is 398 cm³/mol. The lowest BCUT2D eigenvalue weighted by molar-refractivity contribution is -0.270. The lowest BCUT2D eigenvalue weighted by Gasteiger charge is -2.42. The van der Waals surface area contributed by atoms with Crippen LogP contribution in [0, 0.1) is 0 Å². The summed E-state index contributed by atoms with van der Waals surface area (Å²) in [5.41, 5.74) is 0. The molecule has 110 heavy (non-hydrogen) atoms. The number of nitrogens with zero attached hydrogens (tertiary/aromatic N) is 2. The molecular weight excluding hydrogens is 1470 g/mol. The van der Waals surface area contributed by atoms with E-state index in [2.05, 4.69) is 26.6 Å². The normalized spacial score (nSPS) is 24.4. The molecule has 0 aliphatic carbocycles. The number of hydrogen-bond donors (Lipinski definition) is 15. The Kier molecular flexibility index (Phi) is 50.6. The van der Waals surface area contributed by atoms with Gasteiger partial charge in [0.2, 0.25) is 35.4 Å². The molecule has 3 aliphatic rings. The Hall–Kier alpha value is -5.15. The molecule has 7 unspecified atom stereocenters. The Morgan fingerprint density at radius 3 is 1.00 bits per heavy atom. The number of ketones is 3. The van der Waals surface area contributed by atoms with E-state index in [9.17, 15) is 104 Å². The Balaban J connectivity index is 1.46. The fourth-order valence-electron chi connectivity index (χ4n) is 13.0. The van der Waals surface area contributed by atoms with Gasteiger partial charge in [-0.3, -0.25) is 52.5 Å². The van der Waals surface area contributed by atoms with E-state index in [1.165, 1.54) is 39.0 Å². The molecule has 3 fully saturated rings. The van der Waals surface area contributed by atoms with Gasteiger partial charge in [0, 0.05) is 151 Å². The van der Waals surface area contributed by atoms with Crippen molar-refractivity contribution in [3.05, 3.63) is 0 Å². The van der Waals surface area contributed by atoms with E-state index in [0.29, 0.717) is 148 Å². The molecule has 3 aliphatic heterocycles. The molecule has 36 heteroatoms.